The smallest absolute Gasteiger partial charge is 0.356 e. The second-order valence-electron chi connectivity index (χ2n) is 7.86. The minimum absolute atomic E-state index is 0.0417. The number of hydrogen-bond donors (Lipinski definition) is 2. The van der Waals surface area contributed by atoms with E-state index in [1.165, 1.54) is 6.92 Å². The molecular formula is C20H24N4O4. The Labute approximate surface area is 162 Å². The van der Waals surface area contributed by atoms with Gasteiger partial charge in [0.05, 0.1) is 17.8 Å². The third-order valence-electron chi connectivity index (χ3n) is 5.76. The number of nitrogens with one attached hydrogen (secondary N) is 1. The minimum atomic E-state index is -1.06. The third-order valence-corrected chi connectivity index (χ3v) is 5.76. The summed E-state index contributed by atoms with van der Waals surface area (Å²) in [5, 5.41) is 13.9. The summed E-state index contributed by atoms with van der Waals surface area (Å²) in [6.45, 7) is 6.48. The zero-order valence-corrected chi connectivity index (χ0v) is 16.3. The van der Waals surface area contributed by atoms with E-state index in [0.717, 1.165) is 25.1 Å². The average molecular weight is 384 g/mol. The molecule has 3 heterocycles. The van der Waals surface area contributed by atoms with Gasteiger partial charge >= 0.3 is 5.97 Å². The summed E-state index contributed by atoms with van der Waals surface area (Å²) >= 11 is 0. The number of carboxylic acid groups (broad SMARTS) is 1. The van der Waals surface area contributed by atoms with Gasteiger partial charge in [0.2, 0.25) is 0 Å². The summed E-state index contributed by atoms with van der Waals surface area (Å²) in [6.07, 6.45) is 2.90. The van der Waals surface area contributed by atoms with Crippen molar-refractivity contribution in [2.24, 2.45) is 5.92 Å². The molecule has 0 saturated heterocycles. The number of ketones is 1. The zero-order valence-electron chi connectivity index (χ0n) is 16.3. The summed E-state index contributed by atoms with van der Waals surface area (Å²) in [4.78, 5) is 41.3. The lowest BCUT2D eigenvalue weighted by molar-refractivity contribution is 0.0673. The number of hydrogen-bond acceptors (Lipinski definition) is 4. The van der Waals surface area contributed by atoms with Gasteiger partial charge in [-0.05, 0) is 38.2 Å². The molecule has 2 aromatic heterocycles. The number of aromatic amines is 1. The topological polar surface area (TPSA) is 108 Å². The molecule has 0 bridgehead atoms. The summed E-state index contributed by atoms with van der Waals surface area (Å²) in [7, 11) is 0. The van der Waals surface area contributed by atoms with Crippen molar-refractivity contribution < 1.29 is 19.5 Å². The highest BCUT2D eigenvalue weighted by atomic mass is 16.4. The van der Waals surface area contributed by atoms with Crippen molar-refractivity contribution in [1.82, 2.24) is 19.7 Å². The second-order valence-corrected chi connectivity index (χ2v) is 7.86. The van der Waals surface area contributed by atoms with Crippen LogP contribution in [0, 0.1) is 19.8 Å². The molecule has 0 radical (unpaired) electrons. The molecule has 1 aliphatic heterocycles. The van der Waals surface area contributed by atoms with Crippen LogP contribution >= 0.6 is 0 Å². The van der Waals surface area contributed by atoms with E-state index in [4.69, 9.17) is 0 Å². The molecular weight excluding hydrogens is 360 g/mol. The van der Waals surface area contributed by atoms with Gasteiger partial charge in [-0.1, -0.05) is 0 Å². The normalized spacial score (nSPS) is 16.2. The van der Waals surface area contributed by atoms with Crippen molar-refractivity contribution in [3.8, 4) is 0 Å². The Kier molecular flexibility index (Phi) is 4.36. The quantitative estimate of drug-likeness (QED) is 0.769. The number of H-pyrrole nitrogens is 1. The van der Waals surface area contributed by atoms with E-state index in [2.05, 4.69) is 10.1 Å². The van der Waals surface area contributed by atoms with Gasteiger partial charge in [0.1, 0.15) is 0 Å². The van der Waals surface area contributed by atoms with E-state index in [0.29, 0.717) is 47.0 Å². The van der Waals surface area contributed by atoms with Crippen molar-refractivity contribution in [1.29, 1.82) is 0 Å². The number of rotatable bonds is 5. The van der Waals surface area contributed by atoms with Crippen LogP contribution in [0.25, 0.3) is 0 Å². The molecule has 1 aliphatic carbocycles. The maximum Gasteiger partial charge on any atom is 0.356 e. The molecule has 28 heavy (non-hydrogen) atoms. The summed E-state index contributed by atoms with van der Waals surface area (Å²) in [5.41, 5.74) is 3.84. The maximum atomic E-state index is 13.2. The Morgan fingerprint density at radius 1 is 1.25 bits per heavy atom. The summed E-state index contributed by atoms with van der Waals surface area (Å²) < 4.78 is 1.83. The molecule has 4 rings (SSSR count). The number of carbonyl (C=O) groups is 3. The van der Waals surface area contributed by atoms with Crippen LogP contribution in [0.5, 0.6) is 0 Å². The van der Waals surface area contributed by atoms with E-state index in [1.54, 1.807) is 18.7 Å². The zero-order chi connectivity index (χ0) is 20.2. The van der Waals surface area contributed by atoms with Crippen LogP contribution in [-0.2, 0) is 19.5 Å². The van der Waals surface area contributed by atoms with E-state index >= 15 is 0 Å². The molecule has 0 unspecified atom stereocenters. The van der Waals surface area contributed by atoms with Crippen molar-refractivity contribution in [3.05, 3.63) is 39.5 Å². The highest BCUT2D eigenvalue weighted by Crippen LogP contribution is 2.33. The van der Waals surface area contributed by atoms with Gasteiger partial charge in [-0.25, -0.2) is 4.79 Å². The van der Waals surface area contributed by atoms with Crippen LogP contribution in [0.2, 0.25) is 0 Å². The monoisotopic (exact) mass is 384 g/mol. The highest BCUT2D eigenvalue weighted by Gasteiger charge is 2.33. The average Bonchev–Trinajstić information content (AvgIpc) is 3.31. The Morgan fingerprint density at radius 3 is 2.54 bits per heavy atom. The standard InChI is InChI=1S/C20H24N4O4/c1-10-16(11(2)21-17(10)12(3)25)19(26)23-7-6-15-14(9-23)18(20(27)28)22-24(15)8-13-4-5-13/h13,21H,4-9H2,1-3H3,(H,27,28). The number of aromatic carboxylic acids is 1. The molecule has 0 atom stereocenters. The molecule has 8 nitrogen and oxygen atoms in total. The fraction of sp³-hybridized carbons (Fsp3) is 0.500. The fourth-order valence-corrected chi connectivity index (χ4v) is 4.11. The highest BCUT2D eigenvalue weighted by molar-refractivity contribution is 6.02. The number of aromatic nitrogens is 3. The molecule has 8 heteroatoms. The number of amides is 1. The first-order valence-electron chi connectivity index (χ1n) is 9.59. The number of carboxylic acids is 1. The molecule has 2 N–H and O–H groups in total. The van der Waals surface area contributed by atoms with Crippen LogP contribution < -0.4 is 0 Å². The predicted molar refractivity (Wildman–Crippen MR) is 101 cm³/mol. The lowest BCUT2D eigenvalue weighted by Gasteiger charge is -2.28. The SMILES string of the molecule is CC(=O)c1[nH]c(C)c(C(=O)N2CCc3c(c(C(=O)O)nn3CC3CC3)C2)c1C. The third kappa shape index (κ3) is 3.02. The molecule has 0 spiro atoms. The first-order chi connectivity index (χ1) is 13.3. The number of carbonyl (C=O) groups excluding carboxylic acids is 2. The summed E-state index contributed by atoms with van der Waals surface area (Å²) in [6, 6.07) is 0. The van der Waals surface area contributed by atoms with Gasteiger partial charge in [-0.15, -0.1) is 0 Å². The van der Waals surface area contributed by atoms with Gasteiger partial charge < -0.3 is 15.0 Å². The van der Waals surface area contributed by atoms with Crippen molar-refractivity contribution in [3.63, 3.8) is 0 Å². The first-order valence-corrected chi connectivity index (χ1v) is 9.59. The summed E-state index contributed by atoms with van der Waals surface area (Å²) in [5.74, 6) is -0.779. The van der Waals surface area contributed by atoms with Crippen molar-refractivity contribution in [2.75, 3.05) is 6.54 Å². The van der Waals surface area contributed by atoms with Crippen LogP contribution in [0.1, 0.15) is 73.6 Å². The Bertz CT molecular complexity index is 997. The Balaban J connectivity index is 1.65. The number of fused-ring (bicyclic) bond motifs is 1. The van der Waals surface area contributed by atoms with Crippen LogP contribution in [0.15, 0.2) is 0 Å². The van der Waals surface area contributed by atoms with Crippen LogP contribution in [0.3, 0.4) is 0 Å². The van der Waals surface area contributed by atoms with Crippen molar-refractivity contribution >= 4 is 17.7 Å². The number of nitrogens with zero attached hydrogens (tertiary/aromatic N) is 3. The van der Waals surface area contributed by atoms with Crippen LogP contribution in [0.4, 0.5) is 0 Å². The Morgan fingerprint density at radius 2 is 1.96 bits per heavy atom. The molecule has 1 amide bonds. The number of aryl methyl sites for hydroxylation is 1. The Hall–Kier alpha value is -2.90. The molecule has 2 aliphatic rings. The molecule has 1 fully saturated rings. The van der Waals surface area contributed by atoms with E-state index < -0.39 is 5.97 Å². The van der Waals surface area contributed by atoms with Gasteiger partial charge in [0.25, 0.3) is 5.91 Å². The number of Topliss-reactive ketones (excluding diaryl/α,β-unsaturated/α-hetero) is 1. The van der Waals surface area contributed by atoms with Crippen molar-refractivity contribution in [2.45, 2.75) is 53.1 Å². The van der Waals surface area contributed by atoms with Crippen LogP contribution in [-0.4, -0.2) is 49.0 Å². The maximum absolute atomic E-state index is 13.2. The molecule has 0 aromatic carbocycles. The molecule has 2 aromatic rings. The van der Waals surface area contributed by atoms with Gasteiger partial charge in [0.15, 0.2) is 11.5 Å². The van der Waals surface area contributed by atoms with Gasteiger partial charge in [-0.3, -0.25) is 14.3 Å². The lowest BCUT2D eigenvalue weighted by Crippen LogP contribution is -2.37. The first kappa shape index (κ1) is 18.5. The van der Waals surface area contributed by atoms with E-state index in [-0.39, 0.29) is 23.9 Å². The molecule has 148 valence electrons. The fourth-order valence-electron chi connectivity index (χ4n) is 4.11. The largest absolute Gasteiger partial charge is 0.476 e. The lowest BCUT2D eigenvalue weighted by atomic mass is 10.0. The predicted octanol–water partition coefficient (Wildman–Crippen LogP) is 2.34. The van der Waals surface area contributed by atoms with E-state index in [9.17, 15) is 19.5 Å². The van der Waals surface area contributed by atoms with Gasteiger partial charge in [0, 0.05) is 43.4 Å². The molecule has 1 saturated carbocycles. The minimum Gasteiger partial charge on any atom is -0.476 e. The van der Waals surface area contributed by atoms with Gasteiger partial charge in [-0.2, -0.15) is 5.10 Å². The van der Waals surface area contributed by atoms with E-state index in [1.807, 2.05) is 4.68 Å². The second kappa shape index (κ2) is 6.61.